The van der Waals surface area contributed by atoms with E-state index in [4.69, 9.17) is 11.6 Å². The fraction of sp³-hybridized carbons (Fsp3) is 0.500. The third kappa shape index (κ3) is 5.01. The molecule has 0 bridgehead atoms. The maximum absolute atomic E-state index is 12.0. The molecule has 1 aliphatic rings. The number of hydrogen-bond donors (Lipinski definition) is 2. The van der Waals surface area contributed by atoms with Gasteiger partial charge in [0.1, 0.15) is 0 Å². The van der Waals surface area contributed by atoms with E-state index in [1.54, 1.807) is 0 Å². The predicted octanol–water partition coefficient (Wildman–Crippen LogP) is 2.56. The van der Waals surface area contributed by atoms with Gasteiger partial charge in [-0.05, 0) is 50.6 Å². The fourth-order valence-corrected chi connectivity index (χ4v) is 2.40. The van der Waals surface area contributed by atoms with Crippen molar-refractivity contribution in [2.75, 3.05) is 13.1 Å². The van der Waals surface area contributed by atoms with E-state index >= 15 is 0 Å². The van der Waals surface area contributed by atoms with Crippen LogP contribution in [0.5, 0.6) is 0 Å². The van der Waals surface area contributed by atoms with Crippen LogP contribution in [-0.2, 0) is 11.2 Å². The lowest BCUT2D eigenvalue weighted by molar-refractivity contribution is -0.122. The van der Waals surface area contributed by atoms with Crippen molar-refractivity contribution in [3.8, 4) is 0 Å². The molecule has 0 saturated carbocycles. The molecule has 1 aromatic carbocycles. The van der Waals surface area contributed by atoms with Gasteiger partial charge in [-0.3, -0.25) is 4.79 Å². The van der Waals surface area contributed by atoms with E-state index in [-0.39, 0.29) is 23.9 Å². The maximum Gasteiger partial charge on any atom is 0.224 e. The molecule has 0 aliphatic carbocycles. The molecular weight excluding hydrogens is 283 g/mol. The molecule has 0 unspecified atom stereocenters. The van der Waals surface area contributed by atoms with Gasteiger partial charge in [0.15, 0.2) is 0 Å². The Hall–Kier alpha value is -0.770. The van der Waals surface area contributed by atoms with Crippen LogP contribution < -0.4 is 10.6 Å². The van der Waals surface area contributed by atoms with Gasteiger partial charge in [0.05, 0.1) is 6.42 Å². The molecular formula is C14H20Cl2N2O. The van der Waals surface area contributed by atoms with Crippen molar-refractivity contribution in [1.29, 1.82) is 0 Å². The van der Waals surface area contributed by atoms with Crippen LogP contribution in [0.15, 0.2) is 24.3 Å². The monoisotopic (exact) mass is 302 g/mol. The third-order valence-corrected chi connectivity index (χ3v) is 3.68. The summed E-state index contributed by atoms with van der Waals surface area (Å²) in [5, 5.41) is 7.15. The summed E-state index contributed by atoms with van der Waals surface area (Å²) >= 11 is 5.82. The molecule has 1 aromatic rings. The second-order valence-corrected chi connectivity index (χ2v) is 5.60. The first-order chi connectivity index (χ1) is 8.57. The van der Waals surface area contributed by atoms with Crippen LogP contribution in [0.4, 0.5) is 0 Å². The number of rotatable bonds is 3. The van der Waals surface area contributed by atoms with Crippen molar-refractivity contribution < 1.29 is 4.79 Å². The zero-order chi connectivity index (χ0) is 13.0. The van der Waals surface area contributed by atoms with Gasteiger partial charge in [0.2, 0.25) is 5.91 Å². The number of piperidine rings is 1. The topological polar surface area (TPSA) is 41.1 Å². The minimum absolute atomic E-state index is 0. The summed E-state index contributed by atoms with van der Waals surface area (Å²) in [4.78, 5) is 12.0. The molecule has 1 fully saturated rings. The molecule has 3 nitrogen and oxygen atoms in total. The number of nitrogens with one attached hydrogen (secondary N) is 2. The van der Waals surface area contributed by atoms with Gasteiger partial charge in [0.25, 0.3) is 0 Å². The van der Waals surface area contributed by atoms with Crippen molar-refractivity contribution in [2.24, 2.45) is 0 Å². The van der Waals surface area contributed by atoms with Crippen LogP contribution >= 0.6 is 24.0 Å². The van der Waals surface area contributed by atoms with Crippen molar-refractivity contribution in [1.82, 2.24) is 10.6 Å². The SMILES string of the molecule is CC1(NC(=O)Cc2ccc(Cl)cc2)CCNCC1.Cl. The zero-order valence-electron chi connectivity index (χ0n) is 11.0. The quantitative estimate of drug-likeness (QED) is 0.901. The third-order valence-electron chi connectivity index (χ3n) is 3.43. The van der Waals surface area contributed by atoms with Crippen LogP contribution in [0.2, 0.25) is 5.02 Å². The lowest BCUT2D eigenvalue weighted by Gasteiger charge is -2.35. The average Bonchev–Trinajstić information content (AvgIpc) is 2.32. The number of hydrogen-bond acceptors (Lipinski definition) is 2. The van der Waals surface area contributed by atoms with Crippen LogP contribution in [0.3, 0.4) is 0 Å². The van der Waals surface area contributed by atoms with Crippen LogP contribution in [-0.4, -0.2) is 24.5 Å². The fourth-order valence-electron chi connectivity index (χ4n) is 2.27. The van der Waals surface area contributed by atoms with Gasteiger partial charge < -0.3 is 10.6 Å². The normalized spacial score (nSPS) is 17.4. The zero-order valence-corrected chi connectivity index (χ0v) is 12.6. The molecule has 2 N–H and O–H groups in total. The van der Waals surface area contributed by atoms with Crippen LogP contribution in [0, 0.1) is 0 Å². The highest BCUT2D eigenvalue weighted by Crippen LogP contribution is 2.17. The highest BCUT2D eigenvalue weighted by molar-refractivity contribution is 6.30. The van der Waals surface area contributed by atoms with E-state index in [9.17, 15) is 4.79 Å². The molecule has 0 radical (unpaired) electrons. The summed E-state index contributed by atoms with van der Waals surface area (Å²) in [5.74, 6) is 0.0849. The first-order valence-electron chi connectivity index (χ1n) is 6.34. The minimum atomic E-state index is -0.0608. The number of carbonyl (C=O) groups is 1. The van der Waals surface area contributed by atoms with Crippen LogP contribution in [0.25, 0.3) is 0 Å². The summed E-state index contributed by atoms with van der Waals surface area (Å²) in [5.41, 5.74) is 0.934. The van der Waals surface area contributed by atoms with Gasteiger partial charge in [-0.1, -0.05) is 23.7 Å². The Morgan fingerprint density at radius 1 is 1.32 bits per heavy atom. The standard InChI is InChI=1S/C14H19ClN2O.ClH/c1-14(6-8-16-9-7-14)17-13(18)10-11-2-4-12(15)5-3-11;/h2-5,16H,6-10H2,1H3,(H,17,18);1H. The molecule has 19 heavy (non-hydrogen) atoms. The van der Waals surface area contributed by atoms with E-state index in [1.807, 2.05) is 24.3 Å². The van der Waals surface area contributed by atoms with Crippen LogP contribution in [0.1, 0.15) is 25.3 Å². The van der Waals surface area contributed by atoms with E-state index in [0.29, 0.717) is 11.4 Å². The van der Waals surface area contributed by atoms with Crippen molar-refractivity contribution in [2.45, 2.75) is 31.7 Å². The second kappa shape index (κ2) is 7.13. The highest BCUT2D eigenvalue weighted by Gasteiger charge is 2.27. The first-order valence-corrected chi connectivity index (χ1v) is 6.71. The Bertz CT molecular complexity index is 414. The van der Waals surface area contributed by atoms with Crippen molar-refractivity contribution in [3.05, 3.63) is 34.9 Å². The summed E-state index contributed by atoms with van der Waals surface area (Å²) in [7, 11) is 0. The van der Waals surface area contributed by atoms with Gasteiger partial charge in [-0.25, -0.2) is 0 Å². The number of carbonyl (C=O) groups excluding carboxylic acids is 1. The second-order valence-electron chi connectivity index (χ2n) is 5.16. The van der Waals surface area contributed by atoms with Gasteiger partial charge >= 0.3 is 0 Å². The Balaban J connectivity index is 0.00000180. The van der Waals surface area contributed by atoms with E-state index < -0.39 is 0 Å². The smallest absolute Gasteiger partial charge is 0.224 e. The molecule has 1 amide bonds. The predicted molar refractivity (Wildman–Crippen MR) is 81.1 cm³/mol. The molecule has 0 spiro atoms. The van der Waals surface area contributed by atoms with E-state index in [2.05, 4.69) is 17.6 Å². The molecule has 1 heterocycles. The number of halogens is 2. The molecule has 1 saturated heterocycles. The highest BCUT2D eigenvalue weighted by atomic mass is 35.5. The molecule has 5 heteroatoms. The van der Waals surface area contributed by atoms with Crippen molar-refractivity contribution >= 4 is 29.9 Å². The molecule has 2 rings (SSSR count). The lowest BCUT2D eigenvalue weighted by Crippen LogP contribution is -2.52. The maximum atomic E-state index is 12.0. The summed E-state index contributed by atoms with van der Waals surface area (Å²) in [6.07, 6.45) is 2.39. The lowest BCUT2D eigenvalue weighted by atomic mass is 9.90. The van der Waals surface area contributed by atoms with Gasteiger partial charge in [-0.15, -0.1) is 12.4 Å². The van der Waals surface area contributed by atoms with E-state index in [1.165, 1.54) is 0 Å². The van der Waals surface area contributed by atoms with E-state index in [0.717, 1.165) is 31.5 Å². The first kappa shape index (κ1) is 16.3. The summed E-state index contributed by atoms with van der Waals surface area (Å²) in [6, 6.07) is 7.42. The molecule has 1 aliphatic heterocycles. The molecule has 106 valence electrons. The number of benzene rings is 1. The Labute approximate surface area is 125 Å². The van der Waals surface area contributed by atoms with Gasteiger partial charge in [0, 0.05) is 10.6 Å². The Kier molecular flexibility index (Phi) is 6.11. The largest absolute Gasteiger partial charge is 0.351 e. The number of amides is 1. The summed E-state index contributed by atoms with van der Waals surface area (Å²) in [6.45, 7) is 4.06. The average molecular weight is 303 g/mol. The van der Waals surface area contributed by atoms with Gasteiger partial charge in [-0.2, -0.15) is 0 Å². The van der Waals surface area contributed by atoms with Crippen molar-refractivity contribution in [3.63, 3.8) is 0 Å². The minimum Gasteiger partial charge on any atom is -0.351 e. The Morgan fingerprint density at radius 2 is 1.89 bits per heavy atom. The molecule has 0 aromatic heterocycles. The Morgan fingerprint density at radius 3 is 2.47 bits per heavy atom. The summed E-state index contributed by atoms with van der Waals surface area (Å²) < 4.78 is 0. The molecule has 0 atom stereocenters.